The molecule has 0 spiro atoms. The fraction of sp³-hybridized carbons (Fsp3) is 0.0845. The fourth-order valence-corrected chi connectivity index (χ4v) is 14.1. The van der Waals surface area contributed by atoms with Gasteiger partial charge in [0, 0.05) is 63.8 Å². The summed E-state index contributed by atoms with van der Waals surface area (Å²) in [6.07, 6.45) is 1.62. The SMILES string of the molecule is [2H]c1c([2H])c([2H])c(-c2cnc(-n3c4ccccc4c4ccc(Oc5cccc(N6CN(c7cccc8c7C7c9ccccc9C8(c8ccccc8)C8c9ccccc9C7c7ccccc78)c7ccccc76)c5)cc43)cc2C)c([2H])c1[2H]. The zero-order valence-electron chi connectivity index (χ0n) is 46.5. The topological polar surface area (TPSA) is 33.5 Å². The number of aryl methyl sites for hydroxylation is 1. The number of ether oxygens (including phenoxy) is 1. The molecule has 5 heteroatoms. The molecule has 3 heterocycles. The summed E-state index contributed by atoms with van der Waals surface area (Å²) in [6.45, 7) is 2.47. The summed E-state index contributed by atoms with van der Waals surface area (Å²) in [5, 5.41) is 2.07. The van der Waals surface area contributed by atoms with Crippen molar-refractivity contribution in [1.29, 1.82) is 0 Å². The van der Waals surface area contributed by atoms with Gasteiger partial charge in [-0.2, -0.15) is 0 Å². The summed E-state index contributed by atoms with van der Waals surface area (Å²) in [7, 11) is 0. The molecule has 0 saturated heterocycles. The molecule has 0 N–H and O–H groups in total. The molecule has 0 radical (unpaired) electrons. The smallest absolute Gasteiger partial charge is 0.137 e. The number of hydrogen-bond donors (Lipinski definition) is 0. The Morgan fingerprint density at radius 1 is 0.513 bits per heavy atom. The Balaban J connectivity index is 0.795. The van der Waals surface area contributed by atoms with Crippen LogP contribution in [-0.2, 0) is 5.41 Å². The van der Waals surface area contributed by atoms with Crippen molar-refractivity contribution in [2.45, 2.75) is 30.1 Å². The van der Waals surface area contributed by atoms with E-state index in [0.29, 0.717) is 29.5 Å². The molecule has 0 amide bonds. The first-order chi connectivity index (χ1) is 39.7. The lowest BCUT2D eigenvalue weighted by Crippen LogP contribution is -2.48. The Bertz CT molecular complexity index is 4560. The molecule has 4 bridgehead atoms. The van der Waals surface area contributed by atoms with Crippen molar-refractivity contribution < 1.29 is 11.6 Å². The molecule has 19 rings (SSSR count). The van der Waals surface area contributed by atoms with E-state index in [-0.39, 0.29) is 47.5 Å². The molecule has 360 valence electrons. The molecule has 2 unspecified atom stereocenters. The van der Waals surface area contributed by atoms with Crippen LogP contribution in [0.1, 0.15) is 80.2 Å². The summed E-state index contributed by atoms with van der Waals surface area (Å²) >= 11 is 0. The molecular weight excluding hydrogens is 925 g/mol. The fourth-order valence-electron chi connectivity index (χ4n) is 14.1. The number of pyridine rings is 1. The van der Waals surface area contributed by atoms with Gasteiger partial charge in [-0.1, -0.05) is 182 Å². The van der Waals surface area contributed by atoms with Crippen LogP contribution in [-0.4, -0.2) is 16.2 Å². The van der Waals surface area contributed by atoms with E-state index in [0.717, 1.165) is 44.4 Å². The van der Waals surface area contributed by atoms with Gasteiger partial charge in [0.05, 0.1) is 34.7 Å². The van der Waals surface area contributed by atoms with Crippen LogP contribution in [0.4, 0.5) is 22.7 Å². The van der Waals surface area contributed by atoms with Crippen molar-refractivity contribution in [3.63, 3.8) is 0 Å². The Labute approximate surface area is 449 Å². The summed E-state index contributed by atoms with van der Waals surface area (Å²) < 4.78 is 51.1. The first-order valence-corrected chi connectivity index (χ1v) is 26.2. The zero-order chi connectivity index (χ0) is 54.4. The van der Waals surface area contributed by atoms with Gasteiger partial charge < -0.3 is 14.5 Å². The van der Waals surface area contributed by atoms with Crippen molar-refractivity contribution >= 4 is 44.6 Å². The molecule has 7 aliphatic rings. The van der Waals surface area contributed by atoms with Gasteiger partial charge in [-0.05, 0) is 123 Å². The third-order valence-electron chi connectivity index (χ3n) is 17.0. The van der Waals surface area contributed by atoms with Crippen LogP contribution in [0.25, 0.3) is 38.8 Å². The lowest BCUT2D eigenvalue weighted by Gasteiger charge is -2.57. The molecule has 1 aliphatic heterocycles. The van der Waals surface area contributed by atoms with Crippen LogP contribution in [0.15, 0.2) is 255 Å². The predicted octanol–water partition coefficient (Wildman–Crippen LogP) is 17.3. The van der Waals surface area contributed by atoms with Crippen LogP contribution in [0.2, 0.25) is 0 Å². The van der Waals surface area contributed by atoms with E-state index in [1.54, 1.807) is 6.20 Å². The number of aromatic nitrogens is 2. The Hall–Kier alpha value is -9.45. The van der Waals surface area contributed by atoms with Crippen LogP contribution in [0.5, 0.6) is 11.5 Å². The molecule has 10 aromatic carbocycles. The van der Waals surface area contributed by atoms with E-state index in [1.165, 1.54) is 55.8 Å². The summed E-state index contributed by atoms with van der Waals surface area (Å²) in [4.78, 5) is 9.87. The number of hydrogen-bond acceptors (Lipinski definition) is 4. The number of benzene rings is 10. The Morgan fingerprint density at radius 2 is 1.14 bits per heavy atom. The number of para-hydroxylation sites is 3. The van der Waals surface area contributed by atoms with Gasteiger partial charge in [0.15, 0.2) is 0 Å². The normalized spacial score (nSPS) is 19.3. The van der Waals surface area contributed by atoms with E-state index in [1.807, 2.05) is 37.3 Å². The largest absolute Gasteiger partial charge is 0.457 e. The van der Waals surface area contributed by atoms with E-state index < -0.39 is 11.5 Å². The average molecular weight is 980 g/mol. The molecule has 5 nitrogen and oxygen atoms in total. The monoisotopic (exact) mass is 979 g/mol. The maximum atomic E-state index is 8.67. The maximum Gasteiger partial charge on any atom is 0.137 e. The molecular formula is C71H50N4O. The molecule has 76 heavy (non-hydrogen) atoms. The molecule has 0 saturated carbocycles. The second-order valence-electron chi connectivity index (χ2n) is 20.6. The minimum atomic E-state index is -0.545. The van der Waals surface area contributed by atoms with E-state index >= 15 is 0 Å². The minimum absolute atomic E-state index is 0.0230. The number of nitrogens with zero attached hydrogens (tertiary/aromatic N) is 4. The molecule has 2 atom stereocenters. The highest BCUT2D eigenvalue weighted by molar-refractivity contribution is 6.09. The third kappa shape index (κ3) is 6.05. The van der Waals surface area contributed by atoms with Crippen LogP contribution in [0.3, 0.4) is 0 Å². The van der Waals surface area contributed by atoms with E-state index in [4.69, 9.17) is 16.6 Å². The second-order valence-corrected chi connectivity index (χ2v) is 20.6. The van der Waals surface area contributed by atoms with Crippen molar-refractivity contribution in [2.75, 3.05) is 16.5 Å². The minimum Gasteiger partial charge on any atom is -0.457 e. The summed E-state index contributed by atoms with van der Waals surface area (Å²) in [6, 6.07) is 78.1. The van der Waals surface area contributed by atoms with Crippen LogP contribution in [0, 0.1) is 6.92 Å². The second kappa shape index (κ2) is 16.5. The van der Waals surface area contributed by atoms with Gasteiger partial charge in [0.25, 0.3) is 0 Å². The van der Waals surface area contributed by atoms with Gasteiger partial charge >= 0.3 is 0 Å². The van der Waals surface area contributed by atoms with Gasteiger partial charge in [-0.3, -0.25) is 4.57 Å². The Morgan fingerprint density at radius 3 is 1.93 bits per heavy atom. The molecule has 12 aromatic rings. The van der Waals surface area contributed by atoms with Crippen molar-refractivity contribution in [2.24, 2.45) is 0 Å². The van der Waals surface area contributed by atoms with Gasteiger partial charge in [0.2, 0.25) is 0 Å². The van der Waals surface area contributed by atoms with Crippen molar-refractivity contribution in [3.8, 4) is 28.4 Å². The average Bonchev–Trinajstić information content (AvgIpc) is 1.55. The van der Waals surface area contributed by atoms with E-state index in [2.05, 4.69) is 202 Å². The lowest BCUT2D eigenvalue weighted by molar-refractivity contribution is 0.446. The first kappa shape index (κ1) is 38.2. The molecule has 0 fully saturated rings. The number of anilines is 4. The highest BCUT2D eigenvalue weighted by Gasteiger charge is 2.59. The van der Waals surface area contributed by atoms with Gasteiger partial charge in [0.1, 0.15) is 24.0 Å². The first-order valence-electron chi connectivity index (χ1n) is 28.7. The van der Waals surface area contributed by atoms with Crippen LogP contribution < -0.4 is 14.5 Å². The van der Waals surface area contributed by atoms with Gasteiger partial charge in [-0.25, -0.2) is 4.98 Å². The maximum absolute atomic E-state index is 8.67. The highest BCUT2D eigenvalue weighted by atomic mass is 16.5. The third-order valence-corrected chi connectivity index (χ3v) is 17.0. The van der Waals surface area contributed by atoms with Crippen molar-refractivity contribution in [1.82, 2.24) is 9.55 Å². The van der Waals surface area contributed by atoms with Gasteiger partial charge in [-0.15, -0.1) is 0 Å². The van der Waals surface area contributed by atoms with Crippen molar-refractivity contribution in [3.05, 3.63) is 310 Å². The summed E-state index contributed by atoms with van der Waals surface area (Å²) in [5.74, 6) is 2.12. The number of rotatable bonds is 7. The van der Waals surface area contributed by atoms with Crippen LogP contribution >= 0.6 is 0 Å². The molecule has 6 aliphatic carbocycles. The zero-order valence-corrected chi connectivity index (χ0v) is 41.5. The van der Waals surface area contributed by atoms with E-state index in [9.17, 15) is 0 Å². The number of fused-ring (bicyclic) bond motifs is 4. The molecule has 2 aromatic heterocycles. The lowest BCUT2D eigenvalue weighted by atomic mass is 9.45. The standard InChI is InChI=1S/C71H50N4O/c1-45-40-66(72-43-58(45)46-20-4-2-5-21-46)75-61-34-15-13-26-51(61)52-39-38-50(42-65(52)75)76-49-25-18-24-48(41-49)73-44-74(63-36-17-16-35-62(63)73)64-37-19-33-60-69(64)68-57-31-12-14-32-59(57)71(60,47-22-6-3-7-23-47)70-55-29-10-8-27-53(55)67(68)54-28-9-11-30-56(54)70/h2-43,67-68,70H,44H2,1H3/i2D,4D,5D,20D,21D. The highest BCUT2D eigenvalue weighted by Crippen LogP contribution is 2.69. The summed E-state index contributed by atoms with van der Waals surface area (Å²) in [5.41, 5.74) is 19.6. The predicted molar refractivity (Wildman–Crippen MR) is 308 cm³/mol. The Kier molecular flexibility index (Phi) is 8.30. The quantitative estimate of drug-likeness (QED) is 0.159.